The molecule has 1 saturated heterocycles. The SMILES string of the molecule is O=C([CH]Cc1ccc(N2CCOCC2)cc1)OCc1ccccc1. The van der Waals surface area contributed by atoms with Crippen LogP contribution >= 0.6 is 0 Å². The molecule has 2 aromatic carbocycles. The Morgan fingerprint density at radius 1 is 1.00 bits per heavy atom. The van der Waals surface area contributed by atoms with Gasteiger partial charge in [-0.25, -0.2) is 0 Å². The molecule has 3 rings (SSSR count). The molecule has 4 nitrogen and oxygen atoms in total. The van der Waals surface area contributed by atoms with Gasteiger partial charge < -0.3 is 14.4 Å². The summed E-state index contributed by atoms with van der Waals surface area (Å²) in [6.07, 6.45) is 2.17. The molecule has 0 spiro atoms. The molecule has 24 heavy (non-hydrogen) atoms. The number of rotatable bonds is 6. The van der Waals surface area contributed by atoms with Gasteiger partial charge in [0.25, 0.3) is 0 Å². The average Bonchev–Trinajstić information content (AvgIpc) is 2.67. The zero-order valence-electron chi connectivity index (χ0n) is 13.7. The summed E-state index contributed by atoms with van der Waals surface area (Å²) < 4.78 is 10.6. The van der Waals surface area contributed by atoms with Gasteiger partial charge in [-0.15, -0.1) is 0 Å². The number of carbonyl (C=O) groups is 1. The average molecular weight is 324 g/mol. The summed E-state index contributed by atoms with van der Waals surface area (Å²) in [5.41, 5.74) is 3.30. The number of morpholine rings is 1. The van der Waals surface area contributed by atoms with Crippen molar-refractivity contribution in [3.05, 3.63) is 72.1 Å². The van der Waals surface area contributed by atoms with Crippen LogP contribution in [0.3, 0.4) is 0 Å². The summed E-state index contributed by atoms with van der Waals surface area (Å²) in [5.74, 6) is -0.281. The second kappa shape index (κ2) is 8.50. The first-order chi connectivity index (χ1) is 11.8. The monoisotopic (exact) mass is 324 g/mol. The first kappa shape index (κ1) is 16.5. The van der Waals surface area contributed by atoms with Gasteiger partial charge in [-0.05, 0) is 29.7 Å². The summed E-state index contributed by atoms with van der Waals surface area (Å²) in [4.78, 5) is 14.1. The van der Waals surface area contributed by atoms with E-state index in [2.05, 4.69) is 29.2 Å². The molecule has 2 aromatic rings. The van der Waals surface area contributed by atoms with E-state index in [-0.39, 0.29) is 5.97 Å². The van der Waals surface area contributed by atoms with Crippen LogP contribution < -0.4 is 4.90 Å². The highest BCUT2D eigenvalue weighted by molar-refractivity contribution is 5.79. The summed E-state index contributed by atoms with van der Waals surface area (Å²) >= 11 is 0. The molecular formula is C20H22NO3. The van der Waals surface area contributed by atoms with E-state index in [4.69, 9.17) is 9.47 Å². The zero-order chi connectivity index (χ0) is 16.6. The van der Waals surface area contributed by atoms with Crippen molar-refractivity contribution in [3.63, 3.8) is 0 Å². The van der Waals surface area contributed by atoms with Crippen LogP contribution in [0.25, 0.3) is 0 Å². The molecule has 0 aromatic heterocycles. The van der Waals surface area contributed by atoms with E-state index in [0.717, 1.165) is 37.4 Å². The van der Waals surface area contributed by atoms with Crippen LogP contribution in [-0.2, 0) is 27.3 Å². The lowest BCUT2D eigenvalue weighted by atomic mass is 10.1. The highest BCUT2D eigenvalue weighted by Gasteiger charge is 2.11. The van der Waals surface area contributed by atoms with Crippen molar-refractivity contribution in [1.82, 2.24) is 0 Å². The molecule has 1 fully saturated rings. The van der Waals surface area contributed by atoms with Gasteiger partial charge in [0, 0.05) is 18.8 Å². The van der Waals surface area contributed by atoms with E-state index in [1.165, 1.54) is 5.69 Å². The van der Waals surface area contributed by atoms with Gasteiger partial charge in [0.15, 0.2) is 0 Å². The normalized spacial score (nSPS) is 14.4. The van der Waals surface area contributed by atoms with E-state index < -0.39 is 0 Å². The molecule has 1 radical (unpaired) electrons. The number of carbonyl (C=O) groups excluding carboxylic acids is 1. The van der Waals surface area contributed by atoms with Crippen LogP contribution in [0.2, 0.25) is 0 Å². The van der Waals surface area contributed by atoms with Crippen LogP contribution in [0.1, 0.15) is 11.1 Å². The minimum atomic E-state index is -0.281. The van der Waals surface area contributed by atoms with Crippen LogP contribution in [0, 0.1) is 6.42 Å². The lowest BCUT2D eigenvalue weighted by molar-refractivity contribution is -0.140. The molecule has 0 bridgehead atoms. The minimum Gasteiger partial charge on any atom is -0.461 e. The molecule has 0 atom stereocenters. The summed E-state index contributed by atoms with van der Waals surface area (Å²) in [5, 5.41) is 0. The number of nitrogens with zero attached hydrogens (tertiary/aromatic N) is 1. The fraction of sp³-hybridized carbons (Fsp3) is 0.300. The van der Waals surface area contributed by atoms with Gasteiger partial charge >= 0.3 is 5.97 Å². The number of hydrogen-bond donors (Lipinski definition) is 0. The van der Waals surface area contributed by atoms with E-state index >= 15 is 0 Å². The molecular weight excluding hydrogens is 302 g/mol. The number of anilines is 1. The second-order valence-electron chi connectivity index (χ2n) is 5.77. The van der Waals surface area contributed by atoms with Crippen molar-refractivity contribution >= 4 is 11.7 Å². The first-order valence-corrected chi connectivity index (χ1v) is 8.27. The molecule has 0 saturated carbocycles. The Morgan fingerprint density at radius 2 is 1.71 bits per heavy atom. The Bertz CT molecular complexity index is 634. The fourth-order valence-corrected chi connectivity index (χ4v) is 2.65. The van der Waals surface area contributed by atoms with Crippen molar-refractivity contribution in [2.75, 3.05) is 31.2 Å². The molecule has 0 N–H and O–H groups in total. The topological polar surface area (TPSA) is 38.8 Å². The Balaban J connectivity index is 1.43. The maximum absolute atomic E-state index is 11.8. The Hall–Kier alpha value is -2.33. The van der Waals surface area contributed by atoms with Gasteiger partial charge in [-0.2, -0.15) is 0 Å². The van der Waals surface area contributed by atoms with Crippen LogP contribution in [0.4, 0.5) is 5.69 Å². The molecule has 1 aliphatic rings. The highest BCUT2D eigenvalue weighted by Crippen LogP contribution is 2.17. The van der Waals surface area contributed by atoms with Gasteiger partial charge in [-0.3, -0.25) is 4.79 Å². The lowest BCUT2D eigenvalue weighted by Gasteiger charge is -2.28. The van der Waals surface area contributed by atoms with Gasteiger partial charge in [-0.1, -0.05) is 42.5 Å². The van der Waals surface area contributed by atoms with Crippen molar-refractivity contribution in [1.29, 1.82) is 0 Å². The van der Waals surface area contributed by atoms with E-state index in [9.17, 15) is 4.79 Å². The first-order valence-electron chi connectivity index (χ1n) is 8.27. The van der Waals surface area contributed by atoms with E-state index in [1.807, 2.05) is 30.3 Å². The molecule has 0 amide bonds. The Morgan fingerprint density at radius 3 is 2.42 bits per heavy atom. The standard InChI is InChI=1S/C20H22NO3/c22-20(24-16-18-4-2-1-3-5-18)11-8-17-6-9-19(10-7-17)21-12-14-23-15-13-21/h1-7,9-11H,8,12-16H2. The molecule has 1 aliphatic heterocycles. The number of hydrogen-bond acceptors (Lipinski definition) is 4. The van der Waals surface area contributed by atoms with E-state index in [1.54, 1.807) is 6.42 Å². The smallest absolute Gasteiger partial charge is 0.310 e. The van der Waals surface area contributed by atoms with Crippen molar-refractivity contribution in [2.24, 2.45) is 0 Å². The third-order valence-corrected chi connectivity index (χ3v) is 4.04. The number of esters is 1. The van der Waals surface area contributed by atoms with Crippen LogP contribution in [0.5, 0.6) is 0 Å². The van der Waals surface area contributed by atoms with Crippen LogP contribution in [0.15, 0.2) is 54.6 Å². The number of ether oxygens (including phenoxy) is 2. The molecule has 0 unspecified atom stereocenters. The molecule has 0 aliphatic carbocycles. The van der Waals surface area contributed by atoms with Gasteiger partial charge in [0.2, 0.25) is 0 Å². The van der Waals surface area contributed by atoms with Crippen molar-refractivity contribution in [3.8, 4) is 0 Å². The molecule has 4 heteroatoms. The van der Waals surface area contributed by atoms with Gasteiger partial charge in [0.05, 0.1) is 19.6 Å². The third kappa shape index (κ3) is 4.83. The largest absolute Gasteiger partial charge is 0.461 e. The Labute approximate surface area is 143 Å². The second-order valence-corrected chi connectivity index (χ2v) is 5.77. The summed E-state index contributed by atoms with van der Waals surface area (Å²) in [6.45, 7) is 3.73. The molecule has 1 heterocycles. The quantitative estimate of drug-likeness (QED) is 0.766. The van der Waals surface area contributed by atoms with Crippen molar-refractivity contribution < 1.29 is 14.3 Å². The maximum Gasteiger partial charge on any atom is 0.310 e. The zero-order valence-corrected chi connectivity index (χ0v) is 13.7. The predicted octanol–water partition coefficient (Wildman–Crippen LogP) is 3.01. The maximum atomic E-state index is 11.8. The third-order valence-electron chi connectivity index (χ3n) is 4.04. The van der Waals surface area contributed by atoms with Crippen LogP contribution in [-0.4, -0.2) is 32.3 Å². The highest BCUT2D eigenvalue weighted by atomic mass is 16.5. The lowest BCUT2D eigenvalue weighted by Crippen LogP contribution is -2.36. The van der Waals surface area contributed by atoms with Crippen molar-refractivity contribution in [2.45, 2.75) is 13.0 Å². The number of benzene rings is 2. The Kier molecular flexibility index (Phi) is 5.85. The fourth-order valence-electron chi connectivity index (χ4n) is 2.65. The van der Waals surface area contributed by atoms with Gasteiger partial charge in [0.1, 0.15) is 6.61 Å². The van der Waals surface area contributed by atoms with E-state index in [0.29, 0.717) is 13.0 Å². The minimum absolute atomic E-state index is 0.281. The molecule has 125 valence electrons. The predicted molar refractivity (Wildman–Crippen MR) is 93.7 cm³/mol. The summed E-state index contributed by atoms with van der Waals surface area (Å²) in [7, 11) is 0. The summed E-state index contributed by atoms with van der Waals surface area (Å²) in [6, 6.07) is 18.0.